The van der Waals surface area contributed by atoms with Gasteiger partial charge in [0.1, 0.15) is 6.04 Å². The van der Waals surface area contributed by atoms with E-state index in [0.717, 1.165) is 19.3 Å². The molecule has 0 spiro atoms. The molecule has 1 fully saturated rings. The van der Waals surface area contributed by atoms with Crippen molar-refractivity contribution in [3.8, 4) is 0 Å². The Labute approximate surface area is 102 Å². The second-order valence-electron chi connectivity index (χ2n) is 5.09. The predicted molar refractivity (Wildman–Crippen MR) is 64.7 cm³/mol. The molecule has 0 aromatic rings. The van der Waals surface area contributed by atoms with Crippen LogP contribution in [0.15, 0.2) is 0 Å². The molecule has 5 heteroatoms. The quantitative estimate of drug-likeness (QED) is 0.685. The number of carbonyl (C=O) groups is 2. The normalized spacial score (nSPS) is 26.5. The van der Waals surface area contributed by atoms with Crippen molar-refractivity contribution in [3.63, 3.8) is 0 Å². The third-order valence-electron chi connectivity index (χ3n) is 3.47. The van der Waals surface area contributed by atoms with Crippen LogP contribution in [0.1, 0.15) is 40.0 Å². The van der Waals surface area contributed by atoms with Crippen molar-refractivity contribution < 1.29 is 14.7 Å². The number of carboxylic acids is 1. The summed E-state index contributed by atoms with van der Waals surface area (Å²) in [5.74, 6) is -0.389. The molecule has 0 heterocycles. The first-order chi connectivity index (χ1) is 7.93. The van der Waals surface area contributed by atoms with Gasteiger partial charge in [0.05, 0.1) is 0 Å². The van der Waals surface area contributed by atoms with E-state index >= 15 is 0 Å². The standard InChI is InChI=1S/C12H22N2O3/c1-4-8(3)10(11(15)16)14-12(17)13-9-5-7(2)6-9/h7-10H,4-6H2,1-3H3,(H,15,16)(H2,13,14,17)/t7?,8-,9?,10-/m0/s1. The van der Waals surface area contributed by atoms with Crippen LogP contribution in [0.25, 0.3) is 0 Å². The Morgan fingerprint density at radius 3 is 2.41 bits per heavy atom. The van der Waals surface area contributed by atoms with Gasteiger partial charge in [0, 0.05) is 6.04 Å². The zero-order valence-corrected chi connectivity index (χ0v) is 10.7. The van der Waals surface area contributed by atoms with Crippen molar-refractivity contribution in [2.45, 2.75) is 52.1 Å². The molecule has 0 radical (unpaired) electrons. The lowest BCUT2D eigenvalue weighted by molar-refractivity contribution is -0.140. The summed E-state index contributed by atoms with van der Waals surface area (Å²) in [5.41, 5.74) is 0. The smallest absolute Gasteiger partial charge is 0.326 e. The molecule has 0 aromatic carbocycles. The Bertz CT molecular complexity index is 287. The summed E-state index contributed by atoms with van der Waals surface area (Å²) < 4.78 is 0. The molecular weight excluding hydrogens is 220 g/mol. The van der Waals surface area contributed by atoms with E-state index in [9.17, 15) is 9.59 Å². The topological polar surface area (TPSA) is 78.4 Å². The minimum Gasteiger partial charge on any atom is -0.480 e. The summed E-state index contributed by atoms with van der Waals surface area (Å²) in [7, 11) is 0. The van der Waals surface area contributed by atoms with Gasteiger partial charge in [-0.25, -0.2) is 9.59 Å². The van der Waals surface area contributed by atoms with E-state index in [4.69, 9.17) is 5.11 Å². The zero-order valence-electron chi connectivity index (χ0n) is 10.7. The molecule has 0 aliphatic heterocycles. The SMILES string of the molecule is CC[C@H](C)[C@H](NC(=O)NC1CC(C)C1)C(=O)O. The van der Waals surface area contributed by atoms with E-state index in [-0.39, 0.29) is 18.0 Å². The fourth-order valence-electron chi connectivity index (χ4n) is 2.07. The number of aliphatic carboxylic acids is 1. The maximum Gasteiger partial charge on any atom is 0.326 e. The van der Waals surface area contributed by atoms with Crippen molar-refractivity contribution in [2.24, 2.45) is 11.8 Å². The fourth-order valence-corrected chi connectivity index (χ4v) is 2.07. The van der Waals surface area contributed by atoms with E-state index in [0.29, 0.717) is 5.92 Å². The molecule has 1 aliphatic carbocycles. The average molecular weight is 242 g/mol. The summed E-state index contributed by atoms with van der Waals surface area (Å²) in [5, 5.41) is 14.4. The van der Waals surface area contributed by atoms with Crippen LogP contribution in [0.5, 0.6) is 0 Å². The van der Waals surface area contributed by atoms with Gasteiger partial charge in [-0.05, 0) is 24.7 Å². The predicted octanol–water partition coefficient (Wildman–Crippen LogP) is 1.58. The highest BCUT2D eigenvalue weighted by Gasteiger charge is 2.29. The van der Waals surface area contributed by atoms with Crippen molar-refractivity contribution >= 4 is 12.0 Å². The lowest BCUT2D eigenvalue weighted by Gasteiger charge is -2.33. The summed E-state index contributed by atoms with van der Waals surface area (Å²) in [6, 6.07) is -0.969. The van der Waals surface area contributed by atoms with Gasteiger partial charge in [-0.1, -0.05) is 27.2 Å². The lowest BCUT2D eigenvalue weighted by Crippen LogP contribution is -2.53. The summed E-state index contributed by atoms with van der Waals surface area (Å²) in [4.78, 5) is 22.6. The highest BCUT2D eigenvalue weighted by molar-refractivity contribution is 5.82. The van der Waals surface area contributed by atoms with Crippen LogP contribution < -0.4 is 10.6 Å². The van der Waals surface area contributed by atoms with Crippen LogP contribution >= 0.6 is 0 Å². The molecule has 0 aromatic heterocycles. The van der Waals surface area contributed by atoms with Gasteiger partial charge in [-0.3, -0.25) is 0 Å². The number of amides is 2. The molecule has 3 N–H and O–H groups in total. The Hall–Kier alpha value is -1.26. The van der Waals surface area contributed by atoms with Gasteiger partial charge in [0.2, 0.25) is 0 Å². The maximum absolute atomic E-state index is 11.6. The maximum atomic E-state index is 11.6. The molecule has 1 aliphatic rings. The molecule has 0 saturated heterocycles. The second-order valence-corrected chi connectivity index (χ2v) is 5.09. The first-order valence-electron chi connectivity index (χ1n) is 6.23. The molecule has 2 atom stereocenters. The highest BCUT2D eigenvalue weighted by Crippen LogP contribution is 2.26. The van der Waals surface area contributed by atoms with E-state index < -0.39 is 12.0 Å². The molecule has 1 rings (SSSR count). The third kappa shape index (κ3) is 3.91. The highest BCUT2D eigenvalue weighted by atomic mass is 16.4. The van der Waals surface area contributed by atoms with Crippen LogP contribution in [0.3, 0.4) is 0 Å². The zero-order chi connectivity index (χ0) is 13.0. The fraction of sp³-hybridized carbons (Fsp3) is 0.833. The number of hydrogen-bond donors (Lipinski definition) is 3. The minimum atomic E-state index is -0.975. The van der Waals surface area contributed by atoms with E-state index in [2.05, 4.69) is 17.6 Å². The van der Waals surface area contributed by atoms with E-state index in [1.807, 2.05) is 13.8 Å². The Morgan fingerprint density at radius 1 is 1.41 bits per heavy atom. The third-order valence-corrected chi connectivity index (χ3v) is 3.47. The van der Waals surface area contributed by atoms with Crippen LogP contribution in [0.4, 0.5) is 4.79 Å². The van der Waals surface area contributed by atoms with Crippen molar-refractivity contribution in [1.29, 1.82) is 0 Å². The van der Waals surface area contributed by atoms with Gasteiger partial charge in [0.15, 0.2) is 0 Å². The van der Waals surface area contributed by atoms with Gasteiger partial charge in [-0.15, -0.1) is 0 Å². The van der Waals surface area contributed by atoms with Crippen LogP contribution in [0, 0.1) is 11.8 Å². The minimum absolute atomic E-state index is 0.0708. The first kappa shape index (κ1) is 13.8. The van der Waals surface area contributed by atoms with Crippen LogP contribution in [0.2, 0.25) is 0 Å². The van der Waals surface area contributed by atoms with Gasteiger partial charge in [0.25, 0.3) is 0 Å². The van der Waals surface area contributed by atoms with E-state index in [1.165, 1.54) is 0 Å². The van der Waals surface area contributed by atoms with Gasteiger partial charge >= 0.3 is 12.0 Å². The largest absolute Gasteiger partial charge is 0.480 e. The number of carbonyl (C=O) groups excluding carboxylic acids is 1. The molecule has 1 saturated carbocycles. The second kappa shape index (κ2) is 5.89. The molecule has 2 amide bonds. The molecule has 0 unspecified atom stereocenters. The number of nitrogens with one attached hydrogen (secondary N) is 2. The Morgan fingerprint density at radius 2 is 2.00 bits per heavy atom. The Kier molecular flexibility index (Phi) is 4.78. The number of urea groups is 1. The lowest BCUT2D eigenvalue weighted by atomic mass is 9.82. The molecule has 0 bridgehead atoms. The van der Waals surface area contributed by atoms with Crippen LogP contribution in [-0.4, -0.2) is 29.2 Å². The summed E-state index contributed by atoms with van der Waals surface area (Å²) in [6.45, 7) is 5.87. The molecular formula is C12H22N2O3. The number of rotatable bonds is 5. The monoisotopic (exact) mass is 242 g/mol. The van der Waals surface area contributed by atoms with E-state index in [1.54, 1.807) is 0 Å². The number of carboxylic acid groups (broad SMARTS) is 1. The Balaban J connectivity index is 2.38. The summed E-state index contributed by atoms with van der Waals surface area (Å²) in [6.07, 6.45) is 2.68. The van der Waals surface area contributed by atoms with Crippen molar-refractivity contribution in [3.05, 3.63) is 0 Å². The first-order valence-corrected chi connectivity index (χ1v) is 6.23. The van der Waals surface area contributed by atoms with Crippen molar-refractivity contribution in [2.75, 3.05) is 0 Å². The number of hydrogen-bond acceptors (Lipinski definition) is 2. The van der Waals surface area contributed by atoms with Gasteiger partial charge < -0.3 is 15.7 Å². The molecule has 98 valence electrons. The average Bonchev–Trinajstić information content (AvgIpc) is 2.22. The molecule has 17 heavy (non-hydrogen) atoms. The van der Waals surface area contributed by atoms with Crippen LogP contribution in [-0.2, 0) is 4.79 Å². The van der Waals surface area contributed by atoms with Crippen molar-refractivity contribution in [1.82, 2.24) is 10.6 Å². The van der Waals surface area contributed by atoms with Gasteiger partial charge in [-0.2, -0.15) is 0 Å². The summed E-state index contributed by atoms with van der Waals surface area (Å²) >= 11 is 0. The molecule has 5 nitrogen and oxygen atoms in total.